The Morgan fingerprint density at radius 3 is 2.71 bits per heavy atom. The molecule has 21 heavy (non-hydrogen) atoms. The molecule has 1 aromatic carbocycles. The number of hydrogen-bond acceptors (Lipinski definition) is 4. The van der Waals surface area contributed by atoms with Crippen LogP contribution < -0.4 is 10.2 Å². The topological polar surface area (TPSA) is 63.8 Å². The first-order valence-electron chi connectivity index (χ1n) is 6.79. The van der Waals surface area contributed by atoms with E-state index >= 15 is 0 Å². The van der Waals surface area contributed by atoms with Crippen LogP contribution in [0.3, 0.4) is 0 Å². The zero-order chi connectivity index (χ0) is 15.1. The van der Waals surface area contributed by atoms with Gasteiger partial charge in [0.15, 0.2) is 5.76 Å². The molecule has 5 heteroatoms. The average Bonchev–Trinajstić information content (AvgIpc) is 3.00. The summed E-state index contributed by atoms with van der Waals surface area (Å²) in [5.74, 6) is 1.19. The lowest BCUT2D eigenvalue weighted by molar-refractivity contribution is 0.0923. The van der Waals surface area contributed by atoms with Crippen LogP contribution in [0, 0.1) is 0 Å². The van der Waals surface area contributed by atoms with Gasteiger partial charge in [0.25, 0.3) is 0 Å². The quantitative estimate of drug-likeness (QED) is 0.654. The Morgan fingerprint density at radius 2 is 2.00 bits per heavy atom. The van der Waals surface area contributed by atoms with Gasteiger partial charge in [-0.3, -0.25) is 4.79 Å². The van der Waals surface area contributed by atoms with Gasteiger partial charge < -0.3 is 9.15 Å². The molecule has 2 rings (SSSR count). The van der Waals surface area contributed by atoms with Crippen LogP contribution in [0.5, 0.6) is 5.75 Å². The summed E-state index contributed by atoms with van der Waals surface area (Å²) in [6, 6.07) is 12.7. The van der Waals surface area contributed by atoms with Crippen LogP contribution >= 0.6 is 0 Å². The summed E-state index contributed by atoms with van der Waals surface area (Å²) in [5.41, 5.74) is 3.30. The molecule has 0 unspecified atom stereocenters. The molecule has 0 atom stereocenters. The number of amides is 1. The second kappa shape index (κ2) is 7.28. The number of benzene rings is 1. The first kappa shape index (κ1) is 14.8. The van der Waals surface area contributed by atoms with Crippen molar-refractivity contribution in [3.05, 3.63) is 54.0 Å². The van der Waals surface area contributed by atoms with Gasteiger partial charge in [-0.2, -0.15) is 5.10 Å². The van der Waals surface area contributed by atoms with Crippen LogP contribution in [0.15, 0.2) is 52.0 Å². The molecule has 0 bridgehead atoms. The van der Waals surface area contributed by atoms with Gasteiger partial charge in [0.2, 0.25) is 0 Å². The first-order valence-corrected chi connectivity index (χ1v) is 6.79. The first-order chi connectivity index (χ1) is 10.2. The van der Waals surface area contributed by atoms with Crippen LogP contribution in [0.4, 0.5) is 0 Å². The smallest absolute Gasteiger partial charge is 0.307 e. The third-order valence-electron chi connectivity index (χ3n) is 2.87. The maximum Gasteiger partial charge on any atom is 0.307 e. The van der Waals surface area contributed by atoms with Crippen LogP contribution in [0.2, 0.25) is 0 Å². The maximum atomic E-state index is 11.8. The van der Waals surface area contributed by atoms with Crippen molar-refractivity contribution in [1.82, 2.24) is 5.43 Å². The molecule has 110 valence electrons. The largest absolute Gasteiger partial charge is 0.486 e. The summed E-state index contributed by atoms with van der Waals surface area (Å²) in [4.78, 5) is 11.8. The molecular formula is C16H18N2O3. The van der Waals surface area contributed by atoms with Gasteiger partial charge in [-0.15, -0.1) is 0 Å². The van der Waals surface area contributed by atoms with Crippen molar-refractivity contribution in [1.29, 1.82) is 0 Å². The summed E-state index contributed by atoms with van der Waals surface area (Å²) in [7, 11) is 0. The van der Waals surface area contributed by atoms with Gasteiger partial charge in [0, 0.05) is 5.71 Å². The van der Waals surface area contributed by atoms with Gasteiger partial charge in [-0.1, -0.05) is 25.1 Å². The van der Waals surface area contributed by atoms with Gasteiger partial charge >= 0.3 is 5.91 Å². The molecule has 1 heterocycles. The lowest BCUT2D eigenvalue weighted by Crippen LogP contribution is -2.18. The number of ether oxygens (including phenoxy) is 1. The van der Waals surface area contributed by atoms with E-state index in [1.54, 1.807) is 12.1 Å². The number of rotatable bonds is 6. The molecule has 0 saturated carbocycles. The van der Waals surface area contributed by atoms with Crippen LogP contribution in [0.25, 0.3) is 0 Å². The van der Waals surface area contributed by atoms with E-state index in [-0.39, 0.29) is 18.3 Å². The summed E-state index contributed by atoms with van der Waals surface area (Å²) in [6.45, 7) is 4.09. The van der Waals surface area contributed by atoms with Crippen molar-refractivity contribution < 1.29 is 13.9 Å². The normalized spacial score (nSPS) is 11.2. The van der Waals surface area contributed by atoms with E-state index in [9.17, 15) is 4.79 Å². The number of hydrazone groups is 1. The second-order valence-electron chi connectivity index (χ2n) is 4.51. The highest BCUT2D eigenvalue weighted by Crippen LogP contribution is 2.13. The van der Waals surface area contributed by atoms with Crippen molar-refractivity contribution in [2.24, 2.45) is 5.10 Å². The second-order valence-corrected chi connectivity index (χ2v) is 4.51. The average molecular weight is 286 g/mol. The van der Waals surface area contributed by atoms with Crippen molar-refractivity contribution in [3.63, 3.8) is 0 Å². The number of furan rings is 1. The Labute approximate surface area is 123 Å². The number of nitrogens with one attached hydrogen (secondary N) is 1. The zero-order valence-electron chi connectivity index (χ0n) is 12.1. The SMILES string of the molecule is CC/C(C)=N\NC(=O)c1ccc(COc2ccccc2)o1. The Morgan fingerprint density at radius 1 is 1.24 bits per heavy atom. The molecule has 0 spiro atoms. The minimum Gasteiger partial charge on any atom is -0.486 e. The van der Waals surface area contributed by atoms with E-state index in [0.717, 1.165) is 17.9 Å². The summed E-state index contributed by atoms with van der Waals surface area (Å²) < 4.78 is 11.0. The predicted octanol–water partition coefficient (Wildman–Crippen LogP) is 3.37. The molecular weight excluding hydrogens is 268 g/mol. The van der Waals surface area contributed by atoms with E-state index in [2.05, 4.69) is 10.5 Å². The molecule has 0 aliphatic carbocycles. The number of carbonyl (C=O) groups is 1. The lowest BCUT2D eigenvalue weighted by Gasteiger charge is -2.03. The highest BCUT2D eigenvalue weighted by molar-refractivity contribution is 5.92. The highest BCUT2D eigenvalue weighted by atomic mass is 16.5. The molecule has 1 N–H and O–H groups in total. The minimum atomic E-state index is -0.367. The van der Waals surface area contributed by atoms with E-state index in [1.165, 1.54) is 0 Å². The molecule has 1 amide bonds. The predicted molar refractivity (Wildman–Crippen MR) is 80.3 cm³/mol. The van der Waals surface area contributed by atoms with Gasteiger partial charge in [0.05, 0.1) is 0 Å². The Bertz CT molecular complexity index is 617. The molecule has 2 aromatic rings. The summed E-state index contributed by atoms with van der Waals surface area (Å²) in [6.07, 6.45) is 0.786. The Balaban J connectivity index is 1.90. The molecule has 5 nitrogen and oxygen atoms in total. The molecule has 0 radical (unpaired) electrons. The molecule has 0 aliphatic heterocycles. The van der Waals surface area contributed by atoms with Crippen LogP contribution in [-0.4, -0.2) is 11.6 Å². The fourth-order valence-electron chi connectivity index (χ4n) is 1.53. The number of para-hydroxylation sites is 1. The van der Waals surface area contributed by atoms with Crippen molar-refractivity contribution >= 4 is 11.6 Å². The van der Waals surface area contributed by atoms with E-state index in [1.807, 2.05) is 44.2 Å². The third kappa shape index (κ3) is 4.49. The summed E-state index contributed by atoms with van der Waals surface area (Å²) in [5, 5.41) is 3.95. The number of hydrogen-bond donors (Lipinski definition) is 1. The van der Waals surface area contributed by atoms with Crippen molar-refractivity contribution in [2.75, 3.05) is 0 Å². The van der Waals surface area contributed by atoms with Gasteiger partial charge in [0.1, 0.15) is 18.1 Å². The maximum absolute atomic E-state index is 11.8. The standard InChI is InChI=1S/C16H18N2O3/c1-3-12(2)17-18-16(19)15-10-9-14(21-15)11-20-13-7-5-4-6-8-13/h4-10H,3,11H2,1-2H3,(H,18,19)/b17-12-. The number of carbonyl (C=O) groups excluding carboxylic acids is 1. The molecule has 0 fully saturated rings. The van der Waals surface area contributed by atoms with Crippen molar-refractivity contribution in [3.8, 4) is 5.75 Å². The third-order valence-corrected chi connectivity index (χ3v) is 2.87. The lowest BCUT2D eigenvalue weighted by atomic mass is 10.3. The zero-order valence-corrected chi connectivity index (χ0v) is 12.1. The molecule has 0 aliphatic rings. The Hall–Kier alpha value is -2.56. The summed E-state index contributed by atoms with van der Waals surface area (Å²) >= 11 is 0. The van der Waals surface area contributed by atoms with E-state index in [4.69, 9.17) is 9.15 Å². The van der Waals surface area contributed by atoms with E-state index in [0.29, 0.717) is 5.76 Å². The monoisotopic (exact) mass is 286 g/mol. The number of nitrogens with zero attached hydrogens (tertiary/aromatic N) is 1. The molecule has 1 aromatic heterocycles. The fourth-order valence-corrected chi connectivity index (χ4v) is 1.53. The van der Waals surface area contributed by atoms with Gasteiger partial charge in [-0.05, 0) is 37.6 Å². The Kier molecular flexibility index (Phi) is 5.15. The minimum absolute atomic E-state index is 0.217. The van der Waals surface area contributed by atoms with E-state index < -0.39 is 0 Å². The highest BCUT2D eigenvalue weighted by Gasteiger charge is 2.10. The fraction of sp³-hybridized carbons (Fsp3) is 0.250. The molecule has 0 saturated heterocycles. The van der Waals surface area contributed by atoms with Crippen LogP contribution in [0.1, 0.15) is 36.6 Å². The van der Waals surface area contributed by atoms with Crippen molar-refractivity contribution in [2.45, 2.75) is 26.9 Å². The van der Waals surface area contributed by atoms with Crippen LogP contribution in [-0.2, 0) is 6.61 Å². The van der Waals surface area contributed by atoms with Gasteiger partial charge in [-0.25, -0.2) is 5.43 Å².